The van der Waals surface area contributed by atoms with Crippen molar-refractivity contribution in [3.63, 3.8) is 0 Å². The second-order valence-electron chi connectivity index (χ2n) is 4.35. The van der Waals surface area contributed by atoms with E-state index in [0.717, 1.165) is 5.56 Å². The van der Waals surface area contributed by atoms with E-state index >= 15 is 0 Å². The molecular formula is C11H13NO3S. The zero-order valence-electron chi connectivity index (χ0n) is 9.15. The van der Waals surface area contributed by atoms with E-state index in [1.54, 1.807) is 24.3 Å². The number of hydrogen-bond donors (Lipinski definition) is 1. The van der Waals surface area contributed by atoms with Gasteiger partial charge in [-0.2, -0.15) is 0 Å². The van der Waals surface area contributed by atoms with Crippen LogP contribution in [0.5, 0.6) is 0 Å². The second kappa shape index (κ2) is 3.31. The number of benzene rings is 1. The molecule has 5 heteroatoms. The average Bonchev–Trinajstić information content (AvgIpc) is 2.14. The maximum absolute atomic E-state index is 11.3. The predicted octanol–water partition coefficient (Wildman–Crippen LogP) is 0.825. The van der Waals surface area contributed by atoms with Crippen molar-refractivity contribution < 1.29 is 13.2 Å². The van der Waals surface area contributed by atoms with Crippen LogP contribution < -0.4 is 5.32 Å². The summed E-state index contributed by atoms with van der Waals surface area (Å²) in [6, 6.07) is 6.63. The summed E-state index contributed by atoms with van der Waals surface area (Å²) in [5, 5.41) is 2.81. The molecular weight excluding hydrogens is 226 g/mol. The molecule has 0 radical (unpaired) electrons. The quantitative estimate of drug-likeness (QED) is 0.777. The van der Waals surface area contributed by atoms with Crippen molar-refractivity contribution in [2.75, 3.05) is 6.26 Å². The van der Waals surface area contributed by atoms with E-state index in [9.17, 15) is 13.2 Å². The number of β-lactam (4-membered cyclic amide) rings is 1. The van der Waals surface area contributed by atoms with Crippen molar-refractivity contribution in [1.82, 2.24) is 5.32 Å². The third kappa shape index (κ3) is 1.82. The van der Waals surface area contributed by atoms with Crippen LogP contribution in [0.1, 0.15) is 18.9 Å². The molecule has 1 aliphatic rings. The lowest BCUT2D eigenvalue weighted by Gasteiger charge is -2.39. The van der Waals surface area contributed by atoms with Crippen LogP contribution in [0, 0.1) is 0 Å². The molecule has 1 heterocycles. The van der Waals surface area contributed by atoms with Gasteiger partial charge in [-0.15, -0.1) is 0 Å². The Morgan fingerprint density at radius 3 is 2.12 bits per heavy atom. The van der Waals surface area contributed by atoms with E-state index in [4.69, 9.17) is 0 Å². The highest BCUT2D eigenvalue weighted by atomic mass is 32.2. The van der Waals surface area contributed by atoms with Crippen LogP contribution in [-0.4, -0.2) is 20.6 Å². The minimum absolute atomic E-state index is 0.0229. The average molecular weight is 239 g/mol. The van der Waals surface area contributed by atoms with Gasteiger partial charge in [0.25, 0.3) is 0 Å². The van der Waals surface area contributed by atoms with Crippen LogP contribution in [0.15, 0.2) is 29.2 Å². The lowest BCUT2D eigenvalue weighted by molar-refractivity contribution is -0.132. The highest BCUT2D eigenvalue weighted by molar-refractivity contribution is 7.90. The van der Waals surface area contributed by atoms with Gasteiger partial charge in [-0.3, -0.25) is 4.79 Å². The number of carbonyl (C=O) groups excluding carboxylic acids is 1. The summed E-state index contributed by atoms with van der Waals surface area (Å²) < 4.78 is 22.5. The fourth-order valence-electron chi connectivity index (χ4n) is 1.85. The molecule has 16 heavy (non-hydrogen) atoms. The fourth-order valence-corrected chi connectivity index (χ4v) is 2.49. The molecule has 0 bridgehead atoms. The molecule has 2 rings (SSSR count). The normalized spacial score (nSPS) is 24.8. The first-order valence-electron chi connectivity index (χ1n) is 4.93. The number of nitrogens with one attached hydrogen (secondary N) is 1. The Kier molecular flexibility index (Phi) is 2.31. The molecule has 1 N–H and O–H groups in total. The summed E-state index contributed by atoms with van der Waals surface area (Å²) in [5.41, 5.74) is 0.590. The Morgan fingerprint density at radius 2 is 1.75 bits per heavy atom. The first-order valence-corrected chi connectivity index (χ1v) is 6.82. The monoisotopic (exact) mass is 239 g/mol. The van der Waals surface area contributed by atoms with Gasteiger partial charge in [-0.25, -0.2) is 8.42 Å². The minimum Gasteiger partial charge on any atom is -0.346 e. The molecule has 1 amide bonds. The maximum Gasteiger partial charge on any atom is 0.223 e. The molecule has 1 aromatic rings. The van der Waals surface area contributed by atoms with Crippen molar-refractivity contribution in [2.45, 2.75) is 23.8 Å². The lowest BCUT2D eigenvalue weighted by Crippen LogP contribution is -2.56. The minimum atomic E-state index is -3.15. The standard InChI is InChI=1S/C11H13NO3S/c1-11(7-10(13)12-11)8-3-5-9(6-4-8)16(2,14)15/h3-6H,7H2,1-2H3,(H,12,13). The number of amides is 1. The molecule has 0 aromatic heterocycles. The molecule has 1 aromatic carbocycles. The maximum atomic E-state index is 11.3. The molecule has 1 fully saturated rings. The number of hydrogen-bond acceptors (Lipinski definition) is 3. The van der Waals surface area contributed by atoms with Crippen LogP contribution in [0.4, 0.5) is 0 Å². The topological polar surface area (TPSA) is 63.2 Å². The highest BCUT2D eigenvalue weighted by Gasteiger charge is 2.39. The van der Waals surface area contributed by atoms with E-state index in [0.29, 0.717) is 11.3 Å². The summed E-state index contributed by atoms with van der Waals surface area (Å²) in [7, 11) is -3.15. The van der Waals surface area contributed by atoms with Crippen LogP contribution in [0.2, 0.25) is 0 Å². The smallest absolute Gasteiger partial charge is 0.223 e. The Morgan fingerprint density at radius 1 is 1.25 bits per heavy atom. The van der Waals surface area contributed by atoms with Crippen molar-refractivity contribution >= 4 is 15.7 Å². The van der Waals surface area contributed by atoms with Gasteiger partial charge in [-0.1, -0.05) is 12.1 Å². The van der Waals surface area contributed by atoms with E-state index in [-0.39, 0.29) is 11.4 Å². The number of sulfone groups is 1. The van der Waals surface area contributed by atoms with Crippen molar-refractivity contribution in [3.8, 4) is 0 Å². The Bertz CT molecular complexity index is 523. The highest BCUT2D eigenvalue weighted by Crippen LogP contribution is 2.31. The Labute approximate surface area is 94.6 Å². The third-order valence-electron chi connectivity index (χ3n) is 2.85. The Hall–Kier alpha value is -1.36. The fraction of sp³-hybridized carbons (Fsp3) is 0.364. The van der Waals surface area contributed by atoms with Crippen molar-refractivity contribution in [1.29, 1.82) is 0 Å². The van der Waals surface area contributed by atoms with E-state index in [1.807, 2.05) is 6.92 Å². The summed E-state index contributed by atoms with van der Waals surface area (Å²) in [4.78, 5) is 11.2. The zero-order chi connectivity index (χ0) is 12.0. The van der Waals surface area contributed by atoms with Crippen molar-refractivity contribution in [2.24, 2.45) is 0 Å². The summed E-state index contributed by atoms with van der Waals surface area (Å²) in [6.07, 6.45) is 1.63. The molecule has 86 valence electrons. The summed E-state index contributed by atoms with van der Waals surface area (Å²) in [5.74, 6) is 0.0229. The van der Waals surface area contributed by atoms with Gasteiger partial charge in [0.05, 0.1) is 16.9 Å². The largest absolute Gasteiger partial charge is 0.346 e. The molecule has 1 aliphatic heterocycles. The van der Waals surface area contributed by atoms with Crippen LogP contribution in [-0.2, 0) is 20.2 Å². The first kappa shape index (κ1) is 11.1. The van der Waals surface area contributed by atoms with E-state index < -0.39 is 9.84 Å². The number of carbonyl (C=O) groups is 1. The van der Waals surface area contributed by atoms with Gasteiger partial charge in [0.2, 0.25) is 5.91 Å². The third-order valence-corrected chi connectivity index (χ3v) is 3.98. The predicted molar refractivity (Wildman–Crippen MR) is 59.7 cm³/mol. The van der Waals surface area contributed by atoms with Gasteiger partial charge < -0.3 is 5.32 Å². The van der Waals surface area contributed by atoms with E-state index in [1.165, 1.54) is 6.26 Å². The molecule has 1 atom stereocenters. The second-order valence-corrected chi connectivity index (χ2v) is 6.37. The zero-order valence-corrected chi connectivity index (χ0v) is 9.97. The van der Waals surface area contributed by atoms with Gasteiger partial charge in [0, 0.05) is 6.26 Å². The summed E-state index contributed by atoms with van der Waals surface area (Å²) in [6.45, 7) is 1.92. The van der Waals surface area contributed by atoms with Gasteiger partial charge in [0.15, 0.2) is 9.84 Å². The Balaban J connectivity index is 2.30. The molecule has 0 spiro atoms. The van der Waals surface area contributed by atoms with Gasteiger partial charge in [-0.05, 0) is 24.6 Å². The molecule has 0 saturated carbocycles. The molecule has 4 nitrogen and oxygen atoms in total. The summed E-state index contributed by atoms with van der Waals surface area (Å²) >= 11 is 0. The molecule has 0 aliphatic carbocycles. The van der Waals surface area contributed by atoms with E-state index in [2.05, 4.69) is 5.32 Å². The first-order chi connectivity index (χ1) is 7.31. The van der Waals surface area contributed by atoms with Gasteiger partial charge >= 0.3 is 0 Å². The number of rotatable bonds is 2. The van der Waals surface area contributed by atoms with Crippen LogP contribution in [0.3, 0.4) is 0 Å². The van der Waals surface area contributed by atoms with Crippen LogP contribution >= 0.6 is 0 Å². The lowest BCUT2D eigenvalue weighted by atomic mass is 9.82. The molecule has 1 unspecified atom stereocenters. The SMILES string of the molecule is CC1(c2ccc(S(C)(=O)=O)cc2)CC(=O)N1. The van der Waals surface area contributed by atoms with Crippen molar-refractivity contribution in [3.05, 3.63) is 29.8 Å². The molecule has 1 saturated heterocycles. The van der Waals surface area contributed by atoms with Gasteiger partial charge in [0.1, 0.15) is 0 Å². The van der Waals surface area contributed by atoms with Crippen LogP contribution in [0.25, 0.3) is 0 Å².